The lowest BCUT2D eigenvalue weighted by atomic mass is 10.3. The average Bonchev–Trinajstić information content (AvgIpc) is 2.45. The lowest BCUT2D eigenvalue weighted by molar-refractivity contribution is -0.384. The van der Waals surface area contributed by atoms with Crippen LogP contribution in [-0.2, 0) is 0 Å². The lowest BCUT2D eigenvalue weighted by Gasteiger charge is -2.19. The number of likely N-dealkylation sites (N-methyl/N-ethyl adjacent to an activating group) is 1. The van der Waals surface area contributed by atoms with Crippen molar-refractivity contribution in [3.05, 3.63) is 22.2 Å². The Kier molecular flexibility index (Phi) is 6.72. The molecule has 0 bridgehead atoms. The molecule has 7 nitrogen and oxygen atoms in total. The third-order valence-corrected chi connectivity index (χ3v) is 3.00. The topological polar surface area (TPSA) is 83.3 Å². The molecule has 0 amide bonds. The van der Waals surface area contributed by atoms with Crippen molar-refractivity contribution in [2.75, 3.05) is 43.9 Å². The van der Waals surface area contributed by atoms with Crippen LogP contribution >= 0.6 is 0 Å². The van der Waals surface area contributed by atoms with E-state index in [1.807, 2.05) is 0 Å². The van der Waals surface area contributed by atoms with Crippen molar-refractivity contribution in [2.45, 2.75) is 20.3 Å². The van der Waals surface area contributed by atoms with Crippen molar-refractivity contribution in [1.29, 1.82) is 0 Å². The van der Waals surface area contributed by atoms with Crippen LogP contribution in [0.25, 0.3) is 0 Å². The van der Waals surface area contributed by atoms with Gasteiger partial charge in [-0.05, 0) is 19.5 Å². The minimum atomic E-state index is -0.414. The maximum atomic E-state index is 10.8. The molecule has 7 heteroatoms. The highest BCUT2D eigenvalue weighted by molar-refractivity contribution is 5.54. The van der Waals surface area contributed by atoms with Crippen molar-refractivity contribution in [3.8, 4) is 0 Å². The Hall–Kier alpha value is -1.89. The van der Waals surface area contributed by atoms with E-state index < -0.39 is 4.92 Å². The molecular formula is C13H23N5O2. The van der Waals surface area contributed by atoms with Gasteiger partial charge in [0.05, 0.1) is 17.1 Å². The molecule has 1 aromatic heterocycles. The molecule has 1 heterocycles. The maximum absolute atomic E-state index is 10.8. The summed E-state index contributed by atoms with van der Waals surface area (Å²) in [6, 6.07) is 2.87. The Balaban J connectivity index is 2.62. The van der Waals surface area contributed by atoms with E-state index in [9.17, 15) is 10.1 Å². The van der Waals surface area contributed by atoms with Gasteiger partial charge < -0.3 is 15.5 Å². The standard InChI is InChI=1S/C13H23N5O2/c1-4-7-17(5-2)8-6-15-13-10-11(18(19)20)9-12(14-3)16-13/h9-10H,4-8H2,1-3H3,(H2,14,15,16). The maximum Gasteiger partial charge on any atom is 0.276 e. The van der Waals surface area contributed by atoms with E-state index >= 15 is 0 Å². The number of hydrogen-bond donors (Lipinski definition) is 2. The van der Waals surface area contributed by atoms with E-state index in [-0.39, 0.29) is 5.69 Å². The Labute approximate surface area is 119 Å². The van der Waals surface area contributed by atoms with E-state index in [0.29, 0.717) is 18.2 Å². The predicted molar refractivity (Wildman–Crippen MR) is 81.3 cm³/mol. The first kappa shape index (κ1) is 16.2. The number of hydrogen-bond acceptors (Lipinski definition) is 6. The molecule has 20 heavy (non-hydrogen) atoms. The van der Waals surface area contributed by atoms with Gasteiger partial charge in [0.25, 0.3) is 5.69 Å². The number of nitrogens with zero attached hydrogens (tertiary/aromatic N) is 3. The van der Waals surface area contributed by atoms with Gasteiger partial charge in [0.2, 0.25) is 0 Å². The Bertz CT molecular complexity index is 439. The molecule has 112 valence electrons. The minimum absolute atomic E-state index is 0.0350. The zero-order valence-electron chi connectivity index (χ0n) is 12.3. The molecule has 1 aromatic rings. The van der Waals surface area contributed by atoms with Gasteiger partial charge in [-0.15, -0.1) is 0 Å². The van der Waals surface area contributed by atoms with Crippen LogP contribution in [0.3, 0.4) is 0 Å². The molecule has 0 spiro atoms. The van der Waals surface area contributed by atoms with Crippen LogP contribution < -0.4 is 10.6 Å². The predicted octanol–water partition coefficient (Wildman–Crippen LogP) is 2.18. The van der Waals surface area contributed by atoms with Crippen LogP contribution in [0.1, 0.15) is 20.3 Å². The first-order valence-corrected chi connectivity index (χ1v) is 6.91. The van der Waals surface area contributed by atoms with Crippen molar-refractivity contribution < 1.29 is 4.92 Å². The van der Waals surface area contributed by atoms with Crippen molar-refractivity contribution in [3.63, 3.8) is 0 Å². The average molecular weight is 281 g/mol. The number of nitro groups is 1. The zero-order chi connectivity index (χ0) is 15.0. The van der Waals surface area contributed by atoms with Crippen LogP contribution in [0, 0.1) is 10.1 Å². The number of pyridine rings is 1. The van der Waals surface area contributed by atoms with E-state index in [1.54, 1.807) is 7.05 Å². The van der Waals surface area contributed by atoms with E-state index in [2.05, 4.69) is 34.4 Å². The van der Waals surface area contributed by atoms with E-state index in [4.69, 9.17) is 0 Å². The fourth-order valence-corrected chi connectivity index (χ4v) is 1.93. The molecule has 0 aromatic carbocycles. The Morgan fingerprint density at radius 2 is 2.00 bits per heavy atom. The normalized spacial score (nSPS) is 10.6. The summed E-state index contributed by atoms with van der Waals surface area (Å²) in [5, 5.41) is 16.8. The zero-order valence-corrected chi connectivity index (χ0v) is 12.3. The fraction of sp³-hybridized carbons (Fsp3) is 0.615. The molecule has 0 unspecified atom stereocenters. The second-order valence-electron chi connectivity index (χ2n) is 4.46. The molecule has 0 saturated heterocycles. The summed E-state index contributed by atoms with van der Waals surface area (Å²) < 4.78 is 0. The van der Waals surface area contributed by atoms with Crippen molar-refractivity contribution >= 4 is 17.3 Å². The van der Waals surface area contributed by atoms with Crippen LogP contribution in [0.4, 0.5) is 17.3 Å². The van der Waals surface area contributed by atoms with Crippen LogP contribution in [0.5, 0.6) is 0 Å². The number of aromatic nitrogens is 1. The summed E-state index contributed by atoms with van der Waals surface area (Å²) in [6.45, 7) is 7.94. The minimum Gasteiger partial charge on any atom is -0.373 e. The largest absolute Gasteiger partial charge is 0.373 e. The molecule has 2 N–H and O–H groups in total. The summed E-state index contributed by atoms with van der Waals surface area (Å²) in [5.41, 5.74) is 0.0350. The summed E-state index contributed by atoms with van der Waals surface area (Å²) >= 11 is 0. The monoisotopic (exact) mass is 281 g/mol. The van der Waals surface area contributed by atoms with Gasteiger partial charge >= 0.3 is 0 Å². The highest BCUT2D eigenvalue weighted by Gasteiger charge is 2.10. The first-order valence-electron chi connectivity index (χ1n) is 6.91. The fourth-order valence-electron chi connectivity index (χ4n) is 1.93. The van der Waals surface area contributed by atoms with E-state index in [0.717, 1.165) is 26.1 Å². The quantitative estimate of drug-likeness (QED) is 0.533. The summed E-state index contributed by atoms with van der Waals surface area (Å²) in [5.74, 6) is 1.01. The Morgan fingerprint density at radius 3 is 2.55 bits per heavy atom. The van der Waals surface area contributed by atoms with Gasteiger partial charge in [0.15, 0.2) is 0 Å². The molecule has 0 aliphatic carbocycles. The first-order chi connectivity index (χ1) is 9.60. The van der Waals surface area contributed by atoms with Crippen molar-refractivity contribution in [2.24, 2.45) is 0 Å². The third kappa shape index (κ3) is 5.00. The number of rotatable bonds is 9. The molecule has 0 atom stereocenters. The number of nitrogens with one attached hydrogen (secondary N) is 2. The molecule has 0 radical (unpaired) electrons. The van der Waals surface area contributed by atoms with Crippen LogP contribution in [-0.4, -0.2) is 48.0 Å². The number of anilines is 2. The SMILES string of the molecule is CCCN(CC)CCNc1cc([N+](=O)[O-])cc(NC)n1. The summed E-state index contributed by atoms with van der Waals surface area (Å²) in [6.07, 6.45) is 1.12. The highest BCUT2D eigenvalue weighted by Crippen LogP contribution is 2.20. The summed E-state index contributed by atoms with van der Waals surface area (Å²) in [4.78, 5) is 17.0. The Morgan fingerprint density at radius 1 is 1.30 bits per heavy atom. The van der Waals surface area contributed by atoms with Crippen LogP contribution in [0.15, 0.2) is 12.1 Å². The molecule has 1 rings (SSSR count). The molecule has 0 fully saturated rings. The van der Waals surface area contributed by atoms with E-state index in [1.165, 1.54) is 12.1 Å². The molecule has 0 aliphatic heterocycles. The smallest absolute Gasteiger partial charge is 0.276 e. The van der Waals surface area contributed by atoms with Crippen LogP contribution in [0.2, 0.25) is 0 Å². The second-order valence-corrected chi connectivity index (χ2v) is 4.46. The van der Waals surface area contributed by atoms with Gasteiger partial charge in [-0.25, -0.2) is 4.98 Å². The molecular weight excluding hydrogens is 258 g/mol. The molecule has 0 aliphatic rings. The summed E-state index contributed by atoms with van der Waals surface area (Å²) in [7, 11) is 1.69. The molecule has 0 saturated carbocycles. The van der Waals surface area contributed by atoms with Crippen molar-refractivity contribution in [1.82, 2.24) is 9.88 Å². The lowest BCUT2D eigenvalue weighted by Crippen LogP contribution is -2.29. The second kappa shape index (κ2) is 8.31. The third-order valence-electron chi connectivity index (χ3n) is 3.00. The van der Waals surface area contributed by atoms with Gasteiger partial charge in [-0.2, -0.15) is 0 Å². The van der Waals surface area contributed by atoms with Gasteiger partial charge in [0.1, 0.15) is 11.6 Å². The van der Waals surface area contributed by atoms with Gasteiger partial charge in [0, 0.05) is 20.1 Å². The van der Waals surface area contributed by atoms with Gasteiger partial charge in [-0.1, -0.05) is 13.8 Å². The van der Waals surface area contributed by atoms with Gasteiger partial charge in [-0.3, -0.25) is 10.1 Å². The highest BCUT2D eigenvalue weighted by atomic mass is 16.6.